The highest BCUT2D eigenvalue weighted by Crippen LogP contribution is 2.33. The van der Waals surface area contributed by atoms with E-state index in [1.54, 1.807) is 6.20 Å². The molecule has 29 heavy (non-hydrogen) atoms. The molecule has 3 N–H and O–H groups in total. The number of imidazole rings is 1. The van der Waals surface area contributed by atoms with E-state index in [4.69, 9.17) is 4.74 Å². The maximum Gasteiger partial charge on any atom is 0.408 e. The smallest absolute Gasteiger partial charge is 0.408 e. The summed E-state index contributed by atoms with van der Waals surface area (Å²) in [6, 6.07) is 8.11. The van der Waals surface area contributed by atoms with Gasteiger partial charge in [-0.2, -0.15) is 0 Å². The van der Waals surface area contributed by atoms with Gasteiger partial charge in [-0.1, -0.05) is 24.6 Å². The molecular weight excluding hydrogens is 368 g/mol. The van der Waals surface area contributed by atoms with E-state index in [1.807, 2.05) is 32.9 Å². The largest absolute Gasteiger partial charge is 0.444 e. The van der Waals surface area contributed by atoms with Crippen molar-refractivity contribution in [1.82, 2.24) is 20.3 Å². The standard InChI is InChI=1S/C22H26N4O3/c1-22(2,3)29-21(28)24-17-7-5-4-6-13-12-14(8-9-15(13)17)16-10-11-23-19-18(16)25-20(27)26-19/h8-12,17H,4-7H2,1-3H3,(H,24,28)(H2,23,25,26,27). The van der Waals surface area contributed by atoms with Gasteiger partial charge in [0.05, 0.1) is 11.6 Å². The average molecular weight is 394 g/mol. The van der Waals surface area contributed by atoms with Crippen molar-refractivity contribution < 1.29 is 9.53 Å². The van der Waals surface area contributed by atoms with E-state index in [-0.39, 0.29) is 17.8 Å². The molecule has 2 aromatic heterocycles. The summed E-state index contributed by atoms with van der Waals surface area (Å²) in [7, 11) is 0. The number of hydrogen-bond acceptors (Lipinski definition) is 4. The Balaban J connectivity index is 1.67. The van der Waals surface area contributed by atoms with Crippen LogP contribution in [-0.2, 0) is 11.2 Å². The zero-order chi connectivity index (χ0) is 20.6. The Morgan fingerprint density at radius 2 is 2.03 bits per heavy atom. The van der Waals surface area contributed by atoms with Gasteiger partial charge in [0.1, 0.15) is 5.60 Å². The minimum Gasteiger partial charge on any atom is -0.444 e. The molecule has 0 spiro atoms. The fraction of sp³-hybridized carbons (Fsp3) is 0.409. The number of carbonyl (C=O) groups excluding carboxylic acids is 1. The van der Waals surface area contributed by atoms with Crippen LogP contribution in [0.3, 0.4) is 0 Å². The molecule has 1 unspecified atom stereocenters. The molecule has 3 aromatic rings. The molecule has 0 saturated heterocycles. The third kappa shape index (κ3) is 4.18. The molecule has 1 aliphatic carbocycles. The van der Waals surface area contributed by atoms with Gasteiger partial charge in [-0.05, 0) is 62.8 Å². The third-order valence-corrected chi connectivity index (χ3v) is 5.13. The van der Waals surface area contributed by atoms with E-state index >= 15 is 0 Å². The zero-order valence-electron chi connectivity index (χ0n) is 17.0. The predicted octanol–water partition coefficient (Wildman–Crippen LogP) is 4.21. The summed E-state index contributed by atoms with van der Waals surface area (Å²) in [5.74, 6) is 0. The SMILES string of the molecule is CC(C)(C)OC(=O)NC1CCCCc2cc(-c3ccnc4[nH]c(=O)[nH]c34)ccc21. The van der Waals surface area contributed by atoms with Gasteiger partial charge in [0.15, 0.2) is 5.65 Å². The van der Waals surface area contributed by atoms with E-state index in [2.05, 4.69) is 32.4 Å². The highest BCUT2D eigenvalue weighted by atomic mass is 16.6. The lowest BCUT2D eigenvalue weighted by Gasteiger charge is -2.24. The number of carbonyl (C=O) groups is 1. The number of amides is 1. The van der Waals surface area contributed by atoms with Gasteiger partial charge in [-0.3, -0.25) is 4.98 Å². The molecular formula is C22H26N4O3. The van der Waals surface area contributed by atoms with Crippen molar-refractivity contribution in [2.75, 3.05) is 0 Å². The molecule has 1 aromatic carbocycles. The monoisotopic (exact) mass is 394 g/mol. The van der Waals surface area contributed by atoms with E-state index in [0.717, 1.165) is 42.4 Å². The first-order valence-electron chi connectivity index (χ1n) is 10.00. The first kappa shape index (κ1) is 19.2. The van der Waals surface area contributed by atoms with Gasteiger partial charge in [0.25, 0.3) is 0 Å². The number of aryl methyl sites for hydroxylation is 1. The number of rotatable bonds is 2. The second-order valence-corrected chi connectivity index (χ2v) is 8.52. The second-order valence-electron chi connectivity index (χ2n) is 8.52. The van der Waals surface area contributed by atoms with Gasteiger partial charge in [0.2, 0.25) is 0 Å². The Morgan fingerprint density at radius 3 is 2.83 bits per heavy atom. The number of pyridine rings is 1. The fourth-order valence-corrected chi connectivity index (χ4v) is 3.92. The number of ether oxygens (including phenoxy) is 1. The van der Waals surface area contributed by atoms with Gasteiger partial charge in [-0.15, -0.1) is 0 Å². The summed E-state index contributed by atoms with van der Waals surface area (Å²) >= 11 is 0. The van der Waals surface area contributed by atoms with Crippen molar-refractivity contribution in [2.45, 2.75) is 58.1 Å². The van der Waals surface area contributed by atoms with Crippen LogP contribution < -0.4 is 11.0 Å². The van der Waals surface area contributed by atoms with Gasteiger partial charge in [0, 0.05) is 11.8 Å². The molecule has 2 heterocycles. The minimum absolute atomic E-state index is 0.0686. The number of nitrogens with zero attached hydrogens (tertiary/aromatic N) is 1. The molecule has 4 rings (SSSR count). The number of H-pyrrole nitrogens is 2. The van der Waals surface area contributed by atoms with Crippen LogP contribution in [0, 0.1) is 0 Å². The van der Waals surface area contributed by atoms with Crippen molar-refractivity contribution in [3.63, 3.8) is 0 Å². The van der Waals surface area contributed by atoms with Crippen molar-refractivity contribution in [2.24, 2.45) is 0 Å². The predicted molar refractivity (Wildman–Crippen MR) is 112 cm³/mol. The summed E-state index contributed by atoms with van der Waals surface area (Å²) in [4.78, 5) is 33.7. The Hall–Kier alpha value is -3.09. The molecule has 0 saturated carbocycles. The maximum absolute atomic E-state index is 12.3. The maximum atomic E-state index is 12.3. The Kier molecular flexibility index (Phi) is 4.90. The van der Waals surface area contributed by atoms with Crippen LogP contribution in [0.5, 0.6) is 0 Å². The highest BCUT2D eigenvalue weighted by Gasteiger charge is 2.24. The van der Waals surface area contributed by atoms with Crippen LogP contribution in [-0.4, -0.2) is 26.6 Å². The molecule has 7 heteroatoms. The van der Waals surface area contributed by atoms with E-state index in [0.29, 0.717) is 11.2 Å². The van der Waals surface area contributed by atoms with E-state index in [9.17, 15) is 9.59 Å². The number of fused-ring (bicyclic) bond motifs is 2. The van der Waals surface area contributed by atoms with Crippen LogP contribution in [0.25, 0.3) is 22.3 Å². The first-order chi connectivity index (χ1) is 13.8. The molecule has 0 bridgehead atoms. The number of hydrogen-bond donors (Lipinski definition) is 3. The molecule has 1 amide bonds. The van der Waals surface area contributed by atoms with Gasteiger partial charge in [-0.25, -0.2) is 14.6 Å². The second kappa shape index (κ2) is 7.39. The highest BCUT2D eigenvalue weighted by molar-refractivity contribution is 5.89. The summed E-state index contributed by atoms with van der Waals surface area (Å²) in [5.41, 5.74) is 4.75. The normalized spacial score (nSPS) is 16.9. The minimum atomic E-state index is -0.526. The van der Waals surface area contributed by atoms with Crippen molar-refractivity contribution >= 4 is 17.3 Å². The molecule has 0 radical (unpaired) electrons. The summed E-state index contributed by atoms with van der Waals surface area (Å²) in [6.45, 7) is 5.59. The Labute approximate surface area is 168 Å². The molecule has 152 valence electrons. The number of aromatic amines is 2. The quantitative estimate of drug-likeness (QED) is 0.567. The van der Waals surface area contributed by atoms with Crippen molar-refractivity contribution in [1.29, 1.82) is 0 Å². The van der Waals surface area contributed by atoms with E-state index < -0.39 is 5.60 Å². The van der Waals surface area contributed by atoms with Crippen LogP contribution in [0.2, 0.25) is 0 Å². The average Bonchev–Trinajstić information content (AvgIpc) is 2.91. The number of aromatic nitrogens is 3. The topological polar surface area (TPSA) is 99.9 Å². The third-order valence-electron chi connectivity index (χ3n) is 5.13. The van der Waals surface area contributed by atoms with Crippen LogP contribution in [0.1, 0.15) is 57.2 Å². The van der Waals surface area contributed by atoms with Crippen molar-refractivity contribution in [3.8, 4) is 11.1 Å². The molecule has 7 nitrogen and oxygen atoms in total. The molecule has 0 aliphatic heterocycles. The summed E-state index contributed by atoms with van der Waals surface area (Å²) < 4.78 is 5.45. The van der Waals surface area contributed by atoms with Crippen LogP contribution in [0.4, 0.5) is 4.79 Å². The molecule has 0 fully saturated rings. The lowest BCUT2D eigenvalue weighted by Crippen LogP contribution is -2.35. The number of nitrogens with one attached hydrogen (secondary N) is 3. The Bertz CT molecular complexity index is 1110. The first-order valence-corrected chi connectivity index (χ1v) is 10.00. The van der Waals surface area contributed by atoms with Crippen LogP contribution in [0.15, 0.2) is 35.3 Å². The van der Waals surface area contributed by atoms with Gasteiger partial charge >= 0.3 is 11.8 Å². The summed E-state index contributed by atoms with van der Waals surface area (Å²) in [6.07, 6.45) is 5.24. The summed E-state index contributed by atoms with van der Waals surface area (Å²) in [5, 5.41) is 3.04. The fourth-order valence-electron chi connectivity index (χ4n) is 3.92. The van der Waals surface area contributed by atoms with Crippen LogP contribution >= 0.6 is 0 Å². The molecule has 1 aliphatic rings. The number of alkyl carbamates (subject to hydrolysis) is 1. The van der Waals surface area contributed by atoms with E-state index in [1.165, 1.54) is 5.56 Å². The zero-order valence-corrected chi connectivity index (χ0v) is 17.0. The molecule has 1 atom stereocenters. The van der Waals surface area contributed by atoms with Crippen molar-refractivity contribution in [3.05, 3.63) is 52.1 Å². The lowest BCUT2D eigenvalue weighted by molar-refractivity contribution is 0.0501. The lowest BCUT2D eigenvalue weighted by atomic mass is 9.94. The Morgan fingerprint density at radius 1 is 1.21 bits per heavy atom. The van der Waals surface area contributed by atoms with Gasteiger partial charge < -0.3 is 15.0 Å². The number of benzene rings is 1.